The molecule has 0 saturated carbocycles. The van der Waals surface area contributed by atoms with Crippen molar-refractivity contribution in [2.24, 2.45) is 7.05 Å². The molecule has 0 aromatic carbocycles. The fourth-order valence-corrected chi connectivity index (χ4v) is 1.70. The van der Waals surface area contributed by atoms with Crippen LogP contribution in [0.1, 0.15) is 31.2 Å². The first kappa shape index (κ1) is 13.0. The Morgan fingerprint density at radius 3 is 2.62 bits per heavy atom. The van der Waals surface area contributed by atoms with Gasteiger partial charge in [-0.3, -0.25) is 4.68 Å². The summed E-state index contributed by atoms with van der Waals surface area (Å²) in [5.41, 5.74) is 3.08. The maximum absolute atomic E-state index is 5.22. The van der Waals surface area contributed by atoms with Crippen molar-refractivity contribution in [3.05, 3.63) is 11.4 Å². The summed E-state index contributed by atoms with van der Waals surface area (Å²) in [5.74, 6) is 0. The molecule has 1 aromatic heterocycles. The Morgan fingerprint density at radius 1 is 1.44 bits per heavy atom. The summed E-state index contributed by atoms with van der Waals surface area (Å²) in [6.07, 6.45) is 2.30. The molecule has 2 N–H and O–H groups in total. The van der Waals surface area contributed by atoms with Gasteiger partial charge in [-0.05, 0) is 32.5 Å². The lowest BCUT2D eigenvalue weighted by atomic mass is 10.3. The van der Waals surface area contributed by atoms with Gasteiger partial charge in [0, 0.05) is 13.6 Å². The quantitative estimate of drug-likeness (QED) is 0.625. The minimum Gasteiger partial charge on any atom is -0.362 e. The number of hydrogen-bond donors (Lipinski definition) is 2. The number of aryl methyl sites for hydroxylation is 2. The molecule has 4 nitrogen and oxygen atoms in total. The van der Waals surface area contributed by atoms with E-state index in [9.17, 15) is 0 Å². The van der Waals surface area contributed by atoms with Crippen LogP contribution in [0.15, 0.2) is 0 Å². The summed E-state index contributed by atoms with van der Waals surface area (Å²) < 4.78 is 1.85. The second-order valence-corrected chi connectivity index (χ2v) is 4.31. The number of anilines is 1. The van der Waals surface area contributed by atoms with E-state index in [4.69, 9.17) is 12.2 Å². The molecule has 0 saturated heterocycles. The highest BCUT2D eigenvalue weighted by molar-refractivity contribution is 7.80. The molecule has 1 rings (SSSR count). The van der Waals surface area contributed by atoms with Gasteiger partial charge in [0.25, 0.3) is 0 Å². The Labute approximate surface area is 102 Å². The average molecular weight is 240 g/mol. The first-order chi connectivity index (χ1) is 7.56. The lowest BCUT2D eigenvalue weighted by Gasteiger charge is -2.10. The van der Waals surface area contributed by atoms with Crippen molar-refractivity contribution in [3.8, 4) is 0 Å². The van der Waals surface area contributed by atoms with E-state index < -0.39 is 0 Å². The van der Waals surface area contributed by atoms with Crippen LogP contribution in [0.2, 0.25) is 0 Å². The van der Waals surface area contributed by atoms with Crippen molar-refractivity contribution in [1.29, 1.82) is 0 Å². The molecule has 0 aliphatic rings. The van der Waals surface area contributed by atoms with E-state index in [1.807, 2.05) is 25.6 Å². The number of rotatable bonds is 4. The zero-order valence-electron chi connectivity index (χ0n) is 10.4. The largest absolute Gasteiger partial charge is 0.362 e. The van der Waals surface area contributed by atoms with Gasteiger partial charge in [0.1, 0.15) is 0 Å². The standard InChI is InChI=1S/C11H20N4S/c1-5-6-7-12-11(16)13-10-8(2)14-15(4)9(10)3/h5-7H2,1-4H3,(H2,12,13,16). The van der Waals surface area contributed by atoms with Crippen LogP contribution in [0.5, 0.6) is 0 Å². The first-order valence-corrected chi connectivity index (χ1v) is 6.02. The third-order valence-corrected chi connectivity index (χ3v) is 2.81. The number of nitrogens with zero attached hydrogens (tertiary/aromatic N) is 2. The normalized spacial score (nSPS) is 10.2. The van der Waals surface area contributed by atoms with Crippen LogP contribution in [-0.4, -0.2) is 21.4 Å². The first-order valence-electron chi connectivity index (χ1n) is 5.61. The van der Waals surface area contributed by atoms with Gasteiger partial charge in [-0.1, -0.05) is 13.3 Å². The topological polar surface area (TPSA) is 41.9 Å². The monoisotopic (exact) mass is 240 g/mol. The zero-order chi connectivity index (χ0) is 12.1. The van der Waals surface area contributed by atoms with Gasteiger partial charge in [0.15, 0.2) is 5.11 Å². The molecule has 5 heteroatoms. The van der Waals surface area contributed by atoms with Crippen LogP contribution < -0.4 is 10.6 Å². The maximum Gasteiger partial charge on any atom is 0.170 e. The number of hydrogen-bond acceptors (Lipinski definition) is 2. The van der Waals surface area contributed by atoms with E-state index >= 15 is 0 Å². The Kier molecular flexibility index (Phi) is 4.73. The Bertz CT molecular complexity index is 370. The Balaban J connectivity index is 2.56. The predicted octanol–water partition coefficient (Wildman–Crippen LogP) is 2.12. The van der Waals surface area contributed by atoms with Gasteiger partial charge in [-0.15, -0.1) is 0 Å². The van der Waals surface area contributed by atoms with Crippen molar-refractivity contribution >= 4 is 23.0 Å². The van der Waals surface area contributed by atoms with Gasteiger partial charge in [0.2, 0.25) is 0 Å². The summed E-state index contributed by atoms with van der Waals surface area (Å²) in [4.78, 5) is 0. The summed E-state index contributed by atoms with van der Waals surface area (Å²) >= 11 is 5.22. The molecule has 16 heavy (non-hydrogen) atoms. The molecular weight excluding hydrogens is 220 g/mol. The zero-order valence-corrected chi connectivity index (χ0v) is 11.2. The van der Waals surface area contributed by atoms with Crippen molar-refractivity contribution < 1.29 is 0 Å². The van der Waals surface area contributed by atoms with E-state index in [0.717, 1.165) is 30.0 Å². The highest BCUT2D eigenvalue weighted by Crippen LogP contribution is 2.17. The summed E-state index contributed by atoms with van der Waals surface area (Å²) in [6.45, 7) is 7.08. The third kappa shape index (κ3) is 3.20. The van der Waals surface area contributed by atoms with E-state index in [0.29, 0.717) is 5.11 Å². The van der Waals surface area contributed by atoms with Gasteiger partial charge in [0.05, 0.1) is 17.1 Å². The molecule has 1 aromatic rings. The van der Waals surface area contributed by atoms with E-state index in [1.54, 1.807) is 0 Å². The third-order valence-electron chi connectivity index (χ3n) is 2.56. The van der Waals surface area contributed by atoms with Crippen LogP contribution in [-0.2, 0) is 7.05 Å². The molecule has 0 radical (unpaired) electrons. The molecule has 0 unspecified atom stereocenters. The number of nitrogens with one attached hydrogen (secondary N) is 2. The van der Waals surface area contributed by atoms with Crippen molar-refractivity contribution in [3.63, 3.8) is 0 Å². The Hall–Kier alpha value is -1.10. The summed E-state index contributed by atoms with van der Waals surface area (Å²) in [7, 11) is 1.93. The minimum atomic E-state index is 0.674. The SMILES string of the molecule is CCCCNC(=S)Nc1c(C)nn(C)c1C. The van der Waals surface area contributed by atoms with Crippen LogP contribution in [0.25, 0.3) is 0 Å². The molecule has 0 fully saturated rings. The van der Waals surface area contributed by atoms with Crippen molar-refractivity contribution in [2.75, 3.05) is 11.9 Å². The lowest BCUT2D eigenvalue weighted by Crippen LogP contribution is -2.29. The van der Waals surface area contributed by atoms with E-state index in [2.05, 4.69) is 22.7 Å². The van der Waals surface area contributed by atoms with Crippen LogP contribution in [0, 0.1) is 13.8 Å². The van der Waals surface area contributed by atoms with Gasteiger partial charge in [-0.2, -0.15) is 5.10 Å². The van der Waals surface area contributed by atoms with Crippen molar-refractivity contribution in [1.82, 2.24) is 15.1 Å². The Morgan fingerprint density at radius 2 is 2.12 bits per heavy atom. The highest BCUT2D eigenvalue weighted by Gasteiger charge is 2.09. The maximum atomic E-state index is 5.22. The smallest absolute Gasteiger partial charge is 0.170 e. The fraction of sp³-hybridized carbons (Fsp3) is 0.636. The van der Waals surface area contributed by atoms with Crippen LogP contribution >= 0.6 is 12.2 Å². The fourth-order valence-electron chi connectivity index (χ4n) is 1.49. The predicted molar refractivity (Wildman–Crippen MR) is 71.8 cm³/mol. The minimum absolute atomic E-state index is 0.674. The number of unbranched alkanes of at least 4 members (excludes halogenated alkanes) is 1. The highest BCUT2D eigenvalue weighted by atomic mass is 32.1. The van der Waals surface area contributed by atoms with Crippen LogP contribution in [0.4, 0.5) is 5.69 Å². The van der Waals surface area contributed by atoms with Crippen molar-refractivity contribution in [2.45, 2.75) is 33.6 Å². The molecule has 0 atom stereocenters. The number of thiocarbonyl (C=S) groups is 1. The second kappa shape index (κ2) is 5.84. The molecule has 0 aliphatic heterocycles. The molecular formula is C11H20N4S. The molecule has 1 heterocycles. The number of aromatic nitrogens is 2. The van der Waals surface area contributed by atoms with E-state index in [-0.39, 0.29) is 0 Å². The van der Waals surface area contributed by atoms with E-state index in [1.165, 1.54) is 6.42 Å². The molecule has 90 valence electrons. The second-order valence-electron chi connectivity index (χ2n) is 3.90. The van der Waals surface area contributed by atoms with Gasteiger partial charge >= 0.3 is 0 Å². The average Bonchev–Trinajstić information content (AvgIpc) is 2.46. The molecule has 0 spiro atoms. The molecule has 0 aliphatic carbocycles. The molecule has 0 bridgehead atoms. The van der Waals surface area contributed by atoms with Gasteiger partial charge < -0.3 is 10.6 Å². The molecule has 0 amide bonds. The lowest BCUT2D eigenvalue weighted by molar-refractivity contribution is 0.731. The summed E-state index contributed by atoms with van der Waals surface area (Å²) in [5, 5.41) is 11.4. The van der Waals surface area contributed by atoms with Crippen LogP contribution in [0.3, 0.4) is 0 Å². The summed E-state index contributed by atoms with van der Waals surface area (Å²) in [6, 6.07) is 0. The van der Waals surface area contributed by atoms with Gasteiger partial charge in [-0.25, -0.2) is 0 Å².